The minimum Gasteiger partial charge on any atom is -0.291 e. The molecule has 0 aliphatic heterocycles. The number of nitrogens with one attached hydrogen (secondary N) is 2. The van der Waals surface area contributed by atoms with Crippen LogP contribution in [-0.4, -0.2) is 21.4 Å². The van der Waals surface area contributed by atoms with Crippen LogP contribution in [0.5, 0.6) is 0 Å². The highest BCUT2D eigenvalue weighted by Gasteiger charge is 1.97. The van der Waals surface area contributed by atoms with E-state index in [1.54, 1.807) is 17.8 Å². The van der Waals surface area contributed by atoms with Crippen molar-refractivity contribution in [2.75, 3.05) is 11.2 Å². The van der Waals surface area contributed by atoms with Crippen LogP contribution in [0.3, 0.4) is 0 Å². The summed E-state index contributed by atoms with van der Waals surface area (Å²) in [5, 5.41) is 4.92. The molecule has 5 nitrogen and oxygen atoms in total. The van der Waals surface area contributed by atoms with E-state index in [9.17, 15) is 4.79 Å². The average molecular weight is 309 g/mol. The van der Waals surface area contributed by atoms with Crippen molar-refractivity contribution in [1.29, 1.82) is 0 Å². The lowest BCUT2D eigenvalue weighted by Gasteiger charge is -2.03. The van der Waals surface area contributed by atoms with Gasteiger partial charge >= 0.3 is 5.69 Å². The van der Waals surface area contributed by atoms with Gasteiger partial charge in [-0.15, -0.1) is 11.8 Å². The molecule has 104 valence electrons. The third kappa shape index (κ3) is 4.71. The highest BCUT2D eigenvalue weighted by Crippen LogP contribution is 2.20. The number of H-pyrrole nitrogens is 1. The lowest BCUT2D eigenvalue weighted by Crippen LogP contribution is -2.11. The first-order chi connectivity index (χ1) is 9.63. The van der Waals surface area contributed by atoms with Crippen LogP contribution in [0.2, 0.25) is 5.02 Å². The third-order valence-electron chi connectivity index (χ3n) is 2.30. The van der Waals surface area contributed by atoms with Gasteiger partial charge in [0.2, 0.25) is 0 Å². The molecule has 20 heavy (non-hydrogen) atoms. The number of nitrogens with zero attached hydrogens (tertiary/aromatic N) is 2. The van der Waals surface area contributed by atoms with Crippen molar-refractivity contribution < 1.29 is 0 Å². The van der Waals surface area contributed by atoms with E-state index in [4.69, 9.17) is 11.6 Å². The van der Waals surface area contributed by atoms with E-state index in [0.29, 0.717) is 5.82 Å². The molecule has 1 aromatic heterocycles. The highest BCUT2D eigenvalue weighted by atomic mass is 35.5. The van der Waals surface area contributed by atoms with E-state index in [1.807, 2.05) is 31.2 Å². The van der Waals surface area contributed by atoms with Crippen LogP contribution in [0.25, 0.3) is 0 Å². The number of hydrazone groups is 1. The predicted molar refractivity (Wildman–Crippen MR) is 83.8 cm³/mol. The van der Waals surface area contributed by atoms with Gasteiger partial charge < -0.3 is 0 Å². The van der Waals surface area contributed by atoms with Crippen LogP contribution < -0.4 is 11.1 Å². The smallest absolute Gasteiger partial charge is 0.291 e. The first-order valence-electron chi connectivity index (χ1n) is 5.86. The second-order valence-corrected chi connectivity index (χ2v) is 5.48. The van der Waals surface area contributed by atoms with Gasteiger partial charge in [-0.05, 0) is 37.3 Å². The highest BCUT2D eigenvalue weighted by molar-refractivity contribution is 8.00. The van der Waals surface area contributed by atoms with Gasteiger partial charge in [0, 0.05) is 27.6 Å². The Hall–Kier alpha value is -1.79. The summed E-state index contributed by atoms with van der Waals surface area (Å²) in [6, 6.07) is 9.29. The van der Waals surface area contributed by atoms with Crippen LogP contribution in [0, 0.1) is 0 Å². The first kappa shape index (κ1) is 14.6. The molecule has 2 aromatic rings. The van der Waals surface area contributed by atoms with Gasteiger partial charge in [-0.25, -0.2) is 9.78 Å². The van der Waals surface area contributed by atoms with Crippen LogP contribution in [0.15, 0.2) is 51.3 Å². The standard InChI is InChI=1S/C13H13ClN4OS/c1-9(8-20-11-4-2-10(14)3-5-11)17-18-12-6-7-15-13(19)16-12/h2-7H,8H2,1H3,(H2,15,16,18,19)/b17-9+. The molecule has 0 unspecified atom stereocenters. The van der Waals surface area contributed by atoms with Gasteiger partial charge in [-0.2, -0.15) is 5.10 Å². The molecule has 0 amide bonds. The molecule has 0 spiro atoms. The number of hydrogen-bond acceptors (Lipinski definition) is 5. The summed E-state index contributed by atoms with van der Waals surface area (Å²) in [7, 11) is 0. The minimum atomic E-state index is -0.404. The number of benzene rings is 1. The molecule has 0 radical (unpaired) electrons. The van der Waals surface area contributed by atoms with Crippen molar-refractivity contribution in [2.24, 2.45) is 5.10 Å². The fraction of sp³-hybridized carbons (Fsp3) is 0.154. The molecular weight excluding hydrogens is 296 g/mol. The van der Waals surface area contributed by atoms with Gasteiger partial charge in [-0.1, -0.05) is 11.6 Å². The maximum absolute atomic E-state index is 11.0. The van der Waals surface area contributed by atoms with Crippen molar-refractivity contribution in [3.8, 4) is 0 Å². The Morgan fingerprint density at radius 3 is 2.85 bits per heavy atom. The van der Waals surface area contributed by atoms with Crippen LogP contribution in [0.4, 0.5) is 5.82 Å². The van der Waals surface area contributed by atoms with E-state index in [1.165, 1.54) is 6.20 Å². The Labute approximate surface area is 125 Å². The molecule has 0 saturated heterocycles. The van der Waals surface area contributed by atoms with Crippen LogP contribution >= 0.6 is 23.4 Å². The van der Waals surface area contributed by atoms with E-state index >= 15 is 0 Å². The molecule has 0 atom stereocenters. The van der Waals surface area contributed by atoms with E-state index < -0.39 is 5.69 Å². The van der Waals surface area contributed by atoms with Crippen LogP contribution in [-0.2, 0) is 0 Å². The Morgan fingerprint density at radius 1 is 1.40 bits per heavy atom. The second kappa shape index (κ2) is 7.12. The average Bonchev–Trinajstić information content (AvgIpc) is 2.45. The molecule has 0 aliphatic rings. The largest absolute Gasteiger partial charge is 0.346 e. The summed E-state index contributed by atoms with van der Waals surface area (Å²) in [5.74, 6) is 1.25. The van der Waals surface area contributed by atoms with Gasteiger partial charge in [-0.3, -0.25) is 10.4 Å². The van der Waals surface area contributed by atoms with E-state index in [-0.39, 0.29) is 0 Å². The van der Waals surface area contributed by atoms with Gasteiger partial charge in [0.05, 0.1) is 0 Å². The summed E-state index contributed by atoms with van der Waals surface area (Å²) in [6.07, 6.45) is 1.43. The van der Waals surface area contributed by atoms with Crippen molar-refractivity contribution in [3.63, 3.8) is 0 Å². The lowest BCUT2D eigenvalue weighted by atomic mass is 10.4. The molecule has 7 heteroatoms. The van der Waals surface area contributed by atoms with Crippen molar-refractivity contribution in [3.05, 3.63) is 52.0 Å². The minimum absolute atomic E-state index is 0.404. The maximum Gasteiger partial charge on any atom is 0.346 e. The van der Waals surface area contributed by atoms with Crippen molar-refractivity contribution in [2.45, 2.75) is 11.8 Å². The maximum atomic E-state index is 11.0. The number of thioether (sulfide) groups is 1. The number of hydrogen-bond donors (Lipinski definition) is 2. The van der Waals surface area contributed by atoms with Crippen molar-refractivity contribution in [1.82, 2.24) is 9.97 Å². The predicted octanol–water partition coefficient (Wildman–Crippen LogP) is 3.00. The quantitative estimate of drug-likeness (QED) is 0.506. The van der Waals surface area contributed by atoms with E-state index in [0.717, 1.165) is 21.4 Å². The Bertz CT molecular complexity index is 654. The van der Waals surface area contributed by atoms with Gasteiger partial charge in [0.25, 0.3) is 0 Å². The molecule has 2 N–H and O–H groups in total. The molecule has 1 aromatic carbocycles. The topological polar surface area (TPSA) is 70.1 Å². The number of rotatable bonds is 5. The second-order valence-electron chi connectivity index (χ2n) is 3.99. The zero-order valence-corrected chi connectivity index (χ0v) is 12.3. The zero-order valence-electron chi connectivity index (χ0n) is 10.8. The molecule has 0 saturated carbocycles. The SMILES string of the molecule is C/C(CSc1ccc(Cl)cc1)=N\Nc1ccnc(=O)[nH]1. The van der Waals surface area contributed by atoms with Gasteiger partial charge in [0.15, 0.2) is 0 Å². The Morgan fingerprint density at radius 2 is 2.15 bits per heavy atom. The normalized spacial score (nSPS) is 11.4. The summed E-state index contributed by atoms with van der Waals surface area (Å²) in [5.41, 5.74) is 3.29. The van der Waals surface area contributed by atoms with Crippen molar-refractivity contribution >= 4 is 34.9 Å². The summed E-state index contributed by atoms with van der Waals surface area (Å²) < 4.78 is 0. The van der Waals surface area contributed by atoms with Crippen LogP contribution in [0.1, 0.15) is 6.92 Å². The number of aromatic amines is 1. The third-order valence-corrected chi connectivity index (χ3v) is 3.72. The number of aromatic nitrogens is 2. The first-order valence-corrected chi connectivity index (χ1v) is 7.23. The molecule has 0 fully saturated rings. The Balaban J connectivity index is 1.88. The molecule has 2 rings (SSSR count). The number of halogens is 1. The fourth-order valence-electron chi connectivity index (χ4n) is 1.34. The van der Waals surface area contributed by atoms with Gasteiger partial charge in [0.1, 0.15) is 5.82 Å². The summed E-state index contributed by atoms with van der Waals surface area (Å²) in [4.78, 5) is 18.2. The Kier molecular flexibility index (Phi) is 5.20. The summed E-state index contributed by atoms with van der Waals surface area (Å²) >= 11 is 7.49. The lowest BCUT2D eigenvalue weighted by molar-refractivity contribution is 1.06. The molecular formula is C13H13ClN4OS. The fourth-order valence-corrected chi connectivity index (χ4v) is 2.24. The summed E-state index contributed by atoms with van der Waals surface area (Å²) in [6.45, 7) is 1.91. The van der Waals surface area contributed by atoms with E-state index in [2.05, 4.69) is 20.5 Å². The molecule has 1 heterocycles. The molecule has 0 aliphatic carbocycles. The molecule has 0 bridgehead atoms. The monoisotopic (exact) mass is 308 g/mol. The number of anilines is 1. The zero-order chi connectivity index (χ0) is 14.4.